The number of cyclic esters (lactones) is 1. The van der Waals surface area contributed by atoms with Crippen LogP contribution in [0.15, 0.2) is 12.2 Å². The Bertz CT molecular complexity index is 525. The van der Waals surface area contributed by atoms with E-state index in [0.29, 0.717) is 52.0 Å². The largest absolute Gasteiger partial charge is 0.461 e. The molecule has 24 heavy (non-hydrogen) atoms. The van der Waals surface area contributed by atoms with E-state index in [9.17, 15) is 14.4 Å². The second-order valence-electron chi connectivity index (χ2n) is 6.37. The maximum Gasteiger partial charge on any atom is 0.310 e. The number of esters is 2. The van der Waals surface area contributed by atoms with E-state index in [4.69, 9.17) is 14.2 Å². The topological polar surface area (TPSA) is 82.1 Å². The Balaban J connectivity index is 1.57. The van der Waals surface area contributed by atoms with E-state index in [1.54, 1.807) is 4.90 Å². The molecule has 2 heterocycles. The predicted octanol–water partition coefficient (Wildman–Crippen LogP) is 0.676. The molecule has 0 aromatic rings. The summed E-state index contributed by atoms with van der Waals surface area (Å²) in [7, 11) is 0. The third-order valence-corrected chi connectivity index (χ3v) is 4.76. The molecule has 0 aromatic heterocycles. The van der Waals surface area contributed by atoms with Crippen molar-refractivity contribution >= 4 is 17.8 Å². The summed E-state index contributed by atoms with van der Waals surface area (Å²) in [5, 5.41) is 0. The number of ether oxygens (including phenoxy) is 3. The minimum Gasteiger partial charge on any atom is -0.461 e. The number of carbonyl (C=O) groups excluding carboxylic acids is 3. The van der Waals surface area contributed by atoms with Gasteiger partial charge in [0.1, 0.15) is 12.7 Å². The summed E-state index contributed by atoms with van der Waals surface area (Å²) in [5.41, 5.74) is 0. The van der Waals surface area contributed by atoms with Crippen molar-refractivity contribution in [1.29, 1.82) is 0 Å². The van der Waals surface area contributed by atoms with Crippen LogP contribution in [0.4, 0.5) is 0 Å². The third kappa shape index (κ3) is 3.95. The fourth-order valence-electron chi connectivity index (χ4n) is 3.35. The molecule has 2 aliphatic heterocycles. The summed E-state index contributed by atoms with van der Waals surface area (Å²) < 4.78 is 15.7. The van der Waals surface area contributed by atoms with Crippen LogP contribution in [-0.4, -0.2) is 61.8 Å². The number of hydrogen-bond acceptors (Lipinski definition) is 6. The molecule has 3 unspecified atom stereocenters. The normalized spacial score (nSPS) is 30.1. The number of morpholine rings is 1. The van der Waals surface area contributed by atoms with Gasteiger partial charge < -0.3 is 19.1 Å². The first-order valence-electron chi connectivity index (χ1n) is 8.53. The quantitative estimate of drug-likeness (QED) is 0.554. The smallest absolute Gasteiger partial charge is 0.310 e. The average molecular weight is 337 g/mol. The highest BCUT2D eigenvalue weighted by atomic mass is 16.6. The Morgan fingerprint density at radius 2 is 1.88 bits per heavy atom. The van der Waals surface area contributed by atoms with Gasteiger partial charge in [-0.1, -0.05) is 12.2 Å². The van der Waals surface area contributed by atoms with Gasteiger partial charge in [0.2, 0.25) is 5.91 Å². The van der Waals surface area contributed by atoms with Crippen molar-refractivity contribution in [3.8, 4) is 0 Å². The van der Waals surface area contributed by atoms with Gasteiger partial charge in [-0.3, -0.25) is 14.4 Å². The van der Waals surface area contributed by atoms with Gasteiger partial charge in [0.25, 0.3) is 0 Å². The van der Waals surface area contributed by atoms with Gasteiger partial charge in [-0.2, -0.15) is 0 Å². The molecule has 1 amide bonds. The van der Waals surface area contributed by atoms with Crippen molar-refractivity contribution in [3.63, 3.8) is 0 Å². The Morgan fingerprint density at radius 1 is 1.17 bits per heavy atom. The molecule has 1 aliphatic carbocycles. The average Bonchev–Trinajstić information content (AvgIpc) is 3.05. The number of rotatable bonds is 4. The molecule has 3 atom stereocenters. The molecule has 0 spiro atoms. The highest BCUT2D eigenvalue weighted by Crippen LogP contribution is 2.29. The molecular weight excluding hydrogens is 314 g/mol. The maximum atomic E-state index is 12.7. The lowest BCUT2D eigenvalue weighted by molar-refractivity contribution is -0.161. The molecule has 0 radical (unpaired) electrons. The minimum atomic E-state index is -0.470. The first kappa shape index (κ1) is 17.0. The number of amides is 1. The van der Waals surface area contributed by atoms with Crippen LogP contribution in [-0.2, 0) is 28.6 Å². The first-order valence-corrected chi connectivity index (χ1v) is 8.53. The van der Waals surface area contributed by atoms with Gasteiger partial charge in [-0.05, 0) is 19.3 Å². The molecule has 0 saturated carbocycles. The third-order valence-electron chi connectivity index (χ3n) is 4.76. The number of hydrogen-bond donors (Lipinski definition) is 0. The molecule has 7 heteroatoms. The van der Waals surface area contributed by atoms with E-state index >= 15 is 0 Å². The van der Waals surface area contributed by atoms with Gasteiger partial charge >= 0.3 is 11.9 Å². The van der Waals surface area contributed by atoms with Crippen LogP contribution in [0, 0.1) is 11.8 Å². The summed E-state index contributed by atoms with van der Waals surface area (Å²) in [4.78, 5) is 38.0. The van der Waals surface area contributed by atoms with Gasteiger partial charge in [0.05, 0.1) is 25.0 Å². The Hall–Kier alpha value is -1.89. The molecule has 7 nitrogen and oxygen atoms in total. The predicted molar refractivity (Wildman–Crippen MR) is 82.8 cm³/mol. The summed E-state index contributed by atoms with van der Waals surface area (Å²) in [6.07, 6.45) is 5.52. The summed E-state index contributed by atoms with van der Waals surface area (Å²) in [5.74, 6) is -1.49. The van der Waals surface area contributed by atoms with Crippen LogP contribution in [0.2, 0.25) is 0 Å². The summed E-state index contributed by atoms with van der Waals surface area (Å²) in [6, 6.07) is 0. The first-order chi connectivity index (χ1) is 11.6. The zero-order chi connectivity index (χ0) is 16.9. The van der Waals surface area contributed by atoms with Crippen molar-refractivity contribution in [2.75, 3.05) is 32.9 Å². The molecule has 3 aliphatic rings. The second kappa shape index (κ2) is 7.79. The van der Waals surface area contributed by atoms with E-state index in [-0.39, 0.29) is 36.5 Å². The highest BCUT2D eigenvalue weighted by molar-refractivity contribution is 5.86. The van der Waals surface area contributed by atoms with E-state index in [1.165, 1.54) is 0 Å². The van der Waals surface area contributed by atoms with Crippen molar-refractivity contribution in [2.45, 2.75) is 31.8 Å². The lowest BCUT2D eigenvalue weighted by atomic mass is 9.82. The maximum absolute atomic E-state index is 12.7. The molecule has 3 rings (SSSR count). The van der Waals surface area contributed by atoms with Crippen LogP contribution in [0.5, 0.6) is 0 Å². The zero-order valence-corrected chi connectivity index (χ0v) is 13.6. The Morgan fingerprint density at radius 3 is 2.54 bits per heavy atom. The molecule has 0 aromatic carbocycles. The van der Waals surface area contributed by atoms with Gasteiger partial charge in [-0.15, -0.1) is 0 Å². The Labute approximate surface area is 140 Å². The minimum absolute atomic E-state index is 0.00288. The van der Waals surface area contributed by atoms with Gasteiger partial charge in [-0.25, -0.2) is 0 Å². The molecular formula is C17H23NO6. The number of carbonyl (C=O) groups is 3. The van der Waals surface area contributed by atoms with Crippen LogP contribution in [0.1, 0.15) is 25.7 Å². The van der Waals surface area contributed by atoms with Crippen molar-refractivity contribution < 1.29 is 28.6 Å². The van der Waals surface area contributed by atoms with Crippen LogP contribution in [0.3, 0.4) is 0 Å². The van der Waals surface area contributed by atoms with E-state index in [2.05, 4.69) is 0 Å². The molecule has 2 saturated heterocycles. The monoisotopic (exact) mass is 337 g/mol. The van der Waals surface area contributed by atoms with Crippen molar-refractivity contribution in [1.82, 2.24) is 4.90 Å². The van der Waals surface area contributed by atoms with Crippen LogP contribution in [0.25, 0.3) is 0 Å². The molecule has 0 N–H and O–H groups in total. The molecule has 132 valence electrons. The lowest BCUT2D eigenvalue weighted by Gasteiger charge is -2.33. The number of allylic oxidation sites excluding steroid dienone is 2. The highest BCUT2D eigenvalue weighted by Gasteiger charge is 2.38. The summed E-state index contributed by atoms with van der Waals surface area (Å²) >= 11 is 0. The van der Waals surface area contributed by atoms with E-state index < -0.39 is 5.92 Å². The van der Waals surface area contributed by atoms with Gasteiger partial charge in [0.15, 0.2) is 0 Å². The molecule has 0 bridgehead atoms. The van der Waals surface area contributed by atoms with E-state index in [0.717, 1.165) is 0 Å². The second-order valence-corrected chi connectivity index (χ2v) is 6.37. The van der Waals surface area contributed by atoms with Crippen LogP contribution >= 0.6 is 0 Å². The SMILES string of the molecule is O=C1CCC(COC(=O)C2CC=CCC2C(=O)N2CCOCC2)O1. The fourth-order valence-corrected chi connectivity index (χ4v) is 3.35. The lowest BCUT2D eigenvalue weighted by Crippen LogP contribution is -2.47. The molecule has 2 fully saturated rings. The standard InChI is InChI=1S/C17H23NO6/c19-15-6-5-12(24-15)11-23-17(21)14-4-2-1-3-13(14)16(20)18-7-9-22-10-8-18/h1-2,12-14H,3-11H2. The number of nitrogens with zero attached hydrogens (tertiary/aromatic N) is 1. The Kier molecular flexibility index (Phi) is 5.50. The van der Waals surface area contributed by atoms with Gasteiger partial charge in [0, 0.05) is 19.5 Å². The zero-order valence-electron chi connectivity index (χ0n) is 13.6. The van der Waals surface area contributed by atoms with Crippen molar-refractivity contribution in [2.24, 2.45) is 11.8 Å². The van der Waals surface area contributed by atoms with E-state index in [1.807, 2.05) is 12.2 Å². The van der Waals surface area contributed by atoms with Crippen molar-refractivity contribution in [3.05, 3.63) is 12.2 Å². The summed E-state index contributed by atoms with van der Waals surface area (Å²) in [6.45, 7) is 2.29. The van der Waals surface area contributed by atoms with Crippen LogP contribution < -0.4 is 0 Å². The fraction of sp³-hybridized carbons (Fsp3) is 0.706.